The van der Waals surface area contributed by atoms with Crippen molar-refractivity contribution in [2.75, 3.05) is 24.6 Å². The first kappa shape index (κ1) is 15.9. The van der Waals surface area contributed by atoms with Crippen molar-refractivity contribution in [1.82, 2.24) is 4.90 Å². The molecule has 0 radical (unpaired) electrons. The number of nitrogen functional groups attached to an aromatic ring is 1. The molecule has 6 heteroatoms. The fourth-order valence-electron chi connectivity index (χ4n) is 1.53. The lowest BCUT2D eigenvalue weighted by Gasteiger charge is -2.20. The Morgan fingerprint density at radius 2 is 1.70 bits per heavy atom. The highest BCUT2D eigenvalue weighted by Crippen LogP contribution is 2.19. The summed E-state index contributed by atoms with van der Waals surface area (Å²) in [5.41, 5.74) is 6.28. The second-order valence-corrected chi connectivity index (χ2v) is 5.10. The predicted octanol–water partition coefficient (Wildman–Crippen LogP) is 2.02. The maximum atomic E-state index is 12.1. The summed E-state index contributed by atoms with van der Waals surface area (Å²) in [6, 6.07) is 11.3. The summed E-state index contributed by atoms with van der Waals surface area (Å²) < 4.78 is 0. The van der Waals surface area contributed by atoms with E-state index in [9.17, 15) is 4.79 Å². The number of hydrogen-bond acceptors (Lipinski definition) is 5. The number of benzene rings is 1. The molecule has 0 aliphatic heterocycles. The van der Waals surface area contributed by atoms with Crippen LogP contribution in [-0.2, 0) is 4.79 Å². The minimum absolute atomic E-state index is 0.0580. The van der Waals surface area contributed by atoms with Crippen LogP contribution in [-0.4, -0.2) is 29.6 Å². The van der Waals surface area contributed by atoms with Crippen LogP contribution in [0.5, 0.6) is 0 Å². The SMILES string of the molecule is N#CCCN(CCC#N)C(=O)CSc1ccc(N)cc1. The van der Waals surface area contributed by atoms with E-state index in [0.29, 0.717) is 24.5 Å². The molecule has 0 atom stereocenters. The van der Waals surface area contributed by atoms with Crippen molar-refractivity contribution in [3.8, 4) is 12.1 Å². The molecule has 0 spiro atoms. The second-order valence-electron chi connectivity index (χ2n) is 4.05. The van der Waals surface area contributed by atoms with E-state index < -0.39 is 0 Å². The molecule has 0 aromatic heterocycles. The van der Waals surface area contributed by atoms with E-state index in [1.165, 1.54) is 11.8 Å². The molecule has 0 fully saturated rings. The van der Waals surface area contributed by atoms with E-state index >= 15 is 0 Å². The van der Waals surface area contributed by atoms with E-state index in [1.807, 2.05) is 24.3 Å². The fourth-order valence-corrected chi connectivity index (χ4v) is 2.33. The van der Waals surface area contributed by atoms with Crippen molar-refractivity contribution in [3.63, 3.8) is 0 Å². The molecule has 1 rings (SSSR count). The summed E-state index contributed by atoms with van der Waals surface area (Å²) in [4.78, 5) is 14.6. The van der Waals surface area contributed by atoms with Crippen molar-refractivity contribution in [2.24, 2.45) is 0 Å². The highest BCUT2D eigenvalue weighted by atomic mass is 32.2. The first-order chi connectivity index (χ1) is 9.67. The number of thioether (sulfide) groups is 1. The van der Waals surface area contributed by atoms with Crippen LogP contribution in [0, 0.1) is 22.7 Å². The Labute approximate surface area is 123 Å². The van der Waals surface area contributed by atoms with Gasteiger partial charge in [0.2, 0.25) is 5.91 Å². The van der Waals surface area contributed by atoms with Crippen molar-refractivity contribution >= 4 is 23.4 Å². The number of nitriles is 2. The predicted molar refractivity (Wildman–Crippen MR) is 78.6 cm³/mol. The summed E-state index contributed by atoms with van der Waals surface area (Å²) in [6.07, 6.45) is 0.563. The van der Waals surface area contributed by atoms with E-state index in [0.717, 1.165) is 4.90 Å². The van der Waals surface area contributed by atoms with Gasteiger partial charge in [-0.15, -0.1) is 11.8 Å². The van der Waals surface area contributed by atoms with E-state index in [1.54, 1.807) is 17.0 Å². The van der Waals surface area contributed by atoms with Crippen molar-refractivity contribution in [2.45, 2.75) is 17.7 Å². The number of carbonyl (C=O) groups is 1. The lowest BCUT2D eigenvalue weighted by molar-refractivity contribution is -0.128. The molecule has 1 aromatic carbocycles. The third kappa shape index (κ3) is 5.64. The number of nitrogens with two attached hydrogens (primary N) is 1. The monoisotopic (exact) mass is 288 g/mol. The molecule has 0 saturated heterocycles. The van der Waals surface area contributed by atoms with Crippen molar-refractivity contribution < 1.29 is 4.79 Å². The molecular weight excluding hydrogens is 272 g/mol. The summed E-state index contributed by atoms with van der Waals surface area (Å²) in [5.74, 6) is 0.234. The Balaban J connectivity index is 2.50. The zero-order chi connectivity index (χ0) is 14.8. The molecule has 5 nitrogen and oxygen atoms in total. The molecule has 0 saturated carbocycles. The Morgan fingerprint density at radius 3 is 2.20 bits per heavy atom. The van der Waals surface area contributed by atoms with E-state index in [4.69, 9.17) is 16.3 Å². The zero-order valence-corrected chi connectivity index (χ0v) is 11.9. The Bertz CT molecular complexity index is 497. The zero-order valence-electron chi connectivity index (χ0n) is 11.1. The number of nitrogens with zero attached hydrogens (tertiary/aromatic N) is 3. The van der Waals surface area contributed by atoms with Gasteiger partial charge in [-0.1, -0.05) is 0 Å². The van der Waals surface area contributed by atoms with Gasteiger partial charge in [0.25, 0.3) is 0 Å². The number of amides is 1. The van der Waals surface area contributed by atoms with E-state index in [-0.39, 0.29) is 18.7 Å². The van der Waals surface area contributed by atoms with Crippen LogP contribution in [0.15, 0.2) is 29.2 Å². The average molecular weight is 288 g/mol. The number of anilines is 1. The molecule has 104 valence electrons. The molecule has 20 heavy (non-hydrogen) atoms. The second kappa shape index (κ2) is 8.84. The Kier molecular flexibility index (Phi) is 7.02. The van der Waals surface area contributed by atoms with Gasteiger partial charge in [0, 0.05) is 23.7 Å². The van der Waals surface area contributed by atoms with Crippen LogP contribution in [0.3, 0.4) is 0 Å². The number of carbonyl (C=O) groups excluding carboxylic acids is 1. The van der Waals surface area contributed by atoms with Gasteiger partial charge in [-0.2, -0.15) is 10.5 Å². The summed E-state index contributed by atoms with van der Waals surface area (Å²) >= 11 is 1.42. The highest BCUT2D eigenvalue weighted by Gasteiger charge is 2.13. The molecule has 0 bridgehead atoms. The van der Waals surface area contributed by atoms with Gasteiger partial charge < -0.3 is 10.6 Å². The molecular formula is C14H16N4OS. The Hall–Kier alpha value is -2.18. The smallest absolute Gasteiger partial charge is 0.232 e. The van der Waals surface area contributed by atoms with Gasteiger partial charge >= 0.3 is 0 Å². The topological polar surface area (TPSA) is 93.9 Å². The summed E-state index contributed by atoms with van der Waals surface area (Å²) in [7, 11) is 0. The van der Waals surface area contributed by atoms with Crippen LogP contribution in [0.4, 0.5) is 5.69 Å². The normalized spacial score (nSPS) is 9.50. The van der Waals surface area contributed by atoms with Crippen LogP contribution < -0.4 is 5.73 Å². The molecule has 1 aromatic rings. The van der Waals surface area contributed by atoms with Gasteiger partial charge in [0.15, 0.2) is 0 Å². The minimum Gasteiger partial charge on any atom is -0.399 e. The largest absolute Gasteiger partial charge is 0.399 e. The number of hydrogen-bond donors (Lipinski definition) is 1. The van der Waals surface area contributed by atoms with Crippen molar-refractivity contribution in [1.29, 1.82) is 10.5 Å². The van der Waals surface area contributed by atoms with Gasteiger partial charge in [0.05, 0.1) is 30.7 Å². The fraction of sp³-hybridized carbons (Fsp3) is 0.357. The molecule has 0 heterocycles. The van der Waals surface area contributed by atoms with Gasteiger partial charge in [-0.05, 0) is 24.3 Å². The summed E-state index contributed by atoms with van der Waals surface area (Å²) in [5, 5.41) is 17.2. The van der Waals surface area contributed by atoms with Crippen molar-refractivity contribution in [3.05, 3.63) is 24.3 Å². The van der Waals surface area contributed by atoms with Gasteiger partial charge in [-0.25, -0.2) is 0 Å². The molecule has 1 amide bonds. The lowest BCUT2D eigenvalue weighted by Crippen LogP contribution is -2.34. The van der Waals surface area contributed by atoms with Crippen LogP contribution in [0.2, 0.25) is 0 Å². The quantitative estimate of drug-likeness (QED) is 0.612. The minimum atomic E-state index is -0.0580. The number of rotatable bonds is 7. The van der Waals surface area contributed by atoms with Crippen LogP contribution >= 0.6 is 11.8 Å². The molecule has 0 aliphatic rings. The van der Waals surface area contributed by atoms with Gasteiger partial charge in [-0.3, -0.25) is 4.79 Å². The highest BCUT2D eigenvalue weighted by molar-refractivity contribution is 8.00. The third-order valence-corrected chi connectivity index (χ3v) is 3.58. The third-order valence-electron chi connectivity index (χ3n) is 2.58. The first-order valence-electron chi connectivity index (χ1n) is 6.17. The van der Waals surface area contributed by atoms with Gasteiger partial charge in [0.1, 0.15) is 0 Å². The summed E-state index contributed by atoms with van der Waals surface area (Å²) in [6.45, 7) is 0.749. The standard InChI is InChI=1S/C14H16N4OS/c15-7-1-9-18(10-2-8-16)14(19)11-20-13-5-3-12(17)4-6-13/h3-6H,1-2,9-11,17H2. The maximum Gasteiger partial charge on any atom is 0.232 e. The van der Waals surface area contributed by atoms with Crippen LogP contribution in [0.1, 0.15) is 12.8 Å². The van der Waals surface area contributed by atoms with Crippen LogP contribution in [0.25, 0.3) is 0 Å². The first-order valence-corrected chi connectivity index (χ1v) is 7.16. The maximum absolute atomic E-state index is 12.1. The Morgan fingerprint density at radius 1 is 1.15 bits per heavy atom. The average Bonchev–Trinajstić information content (AvgIpc) is 2.46. The molecule has 0 unspecified atom stereocenters. The molecule has 2 N–H and O–H groups in total. The van der Waals surface area contributed by atoms with E-state index in [2.05, 4.69) is 0 Å². The molecule has 0 aliphatic carbocycles. The lowest BCUT2D eigenvalue weighted by atomic mass is 10.3.